The maximum Gasteiger partial charge on any atom is 0.151 e. The number of carbonyl (C=O) groups excluding carboxylic acids is 1. The Kier molecular flexibility index (Phi) is 4.83. The van der Waals surface area contributed by atoms with Crippen molar-refractivity contribution in [3.8, 4) is 0 Å². The number of aliphatic hydroxyl groups is 1. The molecule has 0 saturated carbocycles. The number of unbranched alkanes of at least 4 members (excludes halogenated alkanes) is 1. The van der Waals surface area contributed by atoms with Crippen LogP contribution in [0.15, 0.2) is 11.6 Å². The minimum Gasteiger partial charge on any atom is -0.383 e. The first-order valence-electron chi connectivity index (χ1n) is 4.30. The summed E-state index contributed by atoms with van der Waals surface area (Å²) in [7, 11) is 0. The van der Waals surface area contributed by atoms with E-state index in [-0.39, 0.29) is 0 Å². The lowest BCUT2D eigenvalue weighted by atomic mass is 10.0. The van der Waals surface area contributed by atoms with E-state index in [2.05, 4.69) is 6.08 Å². The predicted octanol–water partition coefficient (Wildman–Crippen LogP) is 2.07. The van der Waals surface area contributed by atoms with Gasteiger partial charge in [-0.25, -0.2) is 0 Å². The van der Waals surface area contributed by atoms with Crippen molar-refractivity contribution in [2.45, 2.75) is 45.6 Å². The Morgan fingerprint density at radius 2 is 2.08 bits per heavy atom. The lowest BCUT2D eigenvalue weighted by molar-refractivity contribution is -0.123. The summed E-state index contributed by atoms with van der Waals surface area (Å²) in [6.07, 6.45) is 5.06. The van der Waals surface area contributed by atoms with Gasteiger partial charge in [-0.05, 0) is 40.0 Å². The number of rotatable bonds is 5. The summed E-state index contributed by atoms with van der Waals surface area (Å²) in [5, 5.41) is 9.30. The van der Waals surface area contributed by atoms with E-state index >= 15 is 0 Å². The summed E-state index contributed by atoms with van der Waals surface area (Å²) in [5.41, 5.74) is 0.149. The van der Waals surface area contributed by atoms with Gasteiger partial charge in [0.15, 0.2) is 6.29 Å². The van der Waals surface area contributed by atoms with Crippen molar-refractivity contribution in [2.24, 2.45) is 0 Å². The third-order valence-corrected chi connectivity index (χ3v) is 1.69. The Balaban J connectivity index is 3.57. The topological polar surface area (TPSA) is 37.3 Å². The third-order valence-electron chi connectivity index (χ3n) is 1.69. The number of hydrogen-bond acceptors (Lipinski definition) is 2. The fraction of sp³-hybridized carbons (Fsp3) is 0.700. The maximum atomic E-state index is 10.3. The van der Waals surface area contributed by atoms with E-state index in [1.165, 1.54) is 5.57 Å². The van der Waals surface area contributed by atoms with Crippen LogP contribution >= 0.6 is 0 Å². The van der Waals surface area contributed by atoms with Crippen LogP contribution < -0.4 is 0 Å². The highest BCUT2D eigenvalue weighted by Gasteiger charge is 2.17. The van der Waals surface area contributed by atoms with E-state index in [9.17, 15) is 9.90 Å². The minimum atomic E-state index is -1.13. The largest absolute Gasteiger partial charge is 0.383 e. The molecule has 0 rings (SSSR count). The Morgan fingerprint density at radius 1 is 1.50 bits per heavy atom. The van der Waals surface area contributed by atoms with Crippen molar-refractivity contribution < 1.29 is 9.90 Å². The zero-order valence-corrected chi connectivity index (χ0v) is 8.13. The van der Waals surface area contributed by atoms with Crippen LogP contribution in [0.5, 0.6) is 0 Å². The minimum absolute atomic E-state index is 0.542. The Hall–Kier alpha value is -0.630. The third kappa shape index (κ3) is 6.10. The first kappa shape index (κ1) is 11.4. The number of hydrogen-bond donors (Lipinski definition) is 1. The van der Waals surface area contributed by atoms with E-state index < -0.39 is 5.60 Å². The Morgan fingerprint density at radius 3 is 2.50 bits per heavy atom. The van der Waals surface area contributed by atoms with Crippen LogP contribution in [0.3, 0.4) is 0 Å². The lowest BCUT2D eigenvalue weighted by Gasteiger charge is -2.13. The molecule has 0 radical (unpaired) electrons. The summed E-state index contributed by atoms with van der Waals surface area (Å²) in [5.74, 6) is 0. The molecule has 2 heteroatoms. The molecule has 0 heterocycles. The van der Waals surface area contributed by atoms with Gasteiger partial charge >= 0.3 is 0 Å². The molecule has 70 valence electrons. The first-order chi connectivity index (χ1) is 5.48. The standard InChI is InChI=1S/C10H18O2/c1-9(2)6-4-5-7-10(3,12)8-11/h6,8,12H,4-5,7H2,1-3H3. The second-order valence-corrected chi connectivity index (χ2v) is 3.65. The molecule has 12 heavy (non-hydrogen) atoms. The molecule has 0 saturated heterocycles. The van der Waals surface area contributed by atoms with Crippen molar-refractivity contribution in [1.29, 1.82) is 0 Å². The summed E-state index contributed by atoms with van der Waals surface area (Å²) >= 11 is 0. The van der Waals surface area contributed by atoms with E-state index in [1.807, 2.05) is 13.8 Å². The van der Waals surface area contributed by atoms with Crippen LogP contribution in [-0.2, 0) is 4.79 Å². The Labute approximate surface area is 74.3 Å². The van der Waals surface area contributed by atoms with Crippen molar-refractivity contribution in [2.75, 3.05) is 0 Å². The molecular weight excluding hydrogens is 152 g/mol. The van der Waals surface area contributed by atoms with Crippen LogP contribution in [0.2, 0.25) is 0 Å². The van der Waals surface area contributed by atoms with Gasteiger partial charge in [0.25, 0.3) is 0 Å². The van der Waals surface area contributed by atoms with E-state index in [1.54, 1.807) is 6.92 Å². The number of allylic oxidation sites excluding steroid dienone is 2. The molecule has 0 fully saturated rings. The van der Waals surface area contributed by atoms with Crippen molar-refractivity contribution in [3.63, 3.8) is 0 Å². The van der Waals surface area contributed by atoms with Crippen molar-refractivity contribution >= 4 is 6.29 Å². The zero-order valence-electron chi connectivity index (χ0n) is 8.13. The molecule has 2 nitrogen and oxygen atoms in total. The number of carbonyl (C=O) groups is 1. The van der Waals surface area contributed by atoms with Gasteiger partial charge in [0.1, 0.15) is 5.60 Å². The molecule has 0 spiro atoms. The first-order valence-corrected chi connectivity index (χ1v) is 4.30. The molecule has 0 aliphatic carbocycles. The fourth-order valence-electron chi connectivity index (χ4n) is 0.910. The van der Waals surface area contributed by atoms with Crippen molar-refractivity contribution in [1.82, 2.24) is 0 Å². The maximum absolute atomic E-state index is 10.3. The molecule has 0 aliphatic rings. The second-order valence-electron chi connectivity index (χ2n) is 3.65. The molecule has 0 amide bonds. The second kappa shape index (κ2) is 5.09. The average Bonchev–Trinajstić information content (AvgIpc) is 1.98. The molecule has 0 aromatic rings. The Bertz CT molecular complexity index is 165. The molecule has 1 atom stereocenters. The van der Waals surface area contributed by atoms with Gasteiger partial charge in [0, 0.05) is 0 Å². The van der Waals surface area contributed by atoms with Crippen LogP contribution in [0.1, 0.15) is 40.0 Å². The fourth-order valence-corrected chi connectivity index (χ4v) is 0.910. The lowest BCUT2D eigenvalue weighted by Crippen LogP contribution is -2.25. The van der Waals surface area contributed by atoms with Gasteiger partial charge in [0.2, 0.25) is 0 Å². The zero-order chi connectivity index (χ0) is 9.61. The van der Waals surface area contributed by atoms with Gasteiger partial charge < -0.3 is 9.90 Å². The van der Waals surface area contributed by atoms with Gasteiger partial charge in [-0.15, -0.1) is 0 Å². The molecule has 0 aromatic carbocycles. The summed E-state index contributed by atoms with van der Waals surface area (Å²) in [4.78, 5) is 10.3. The van der Waals surface area contributed by atoms with Crippen LogP contribution in [0.4, 0.5) is 0 Å². The predicted molar refractivity (Wildman–Crippen MR) is 50.0 cm³/mol. The average molecular weight is 170 g/mol. The van der Waals surface area contributed by atoms with Gasteiger partial charge in [0.05, 0.1) is 0 Å². The monoisotopic (exact) mass is 170 g/mol. The number of aldehydes is 1. The van der Waals surface area contributed by atoms with E-state index in [0.29, 0.717) is 12.7 Å². The van der Waals surface area contributed by atoms with Crippen molar-refractivity contribution in [3.05, 3.63) is 11.6 Å². The highest BCUT2D eigenvalue weighted by Crippen LogP contribution is 2.11. The molecular formula is C10H18O2. The molecule has 1 N–H and O–H groups in total. The van der Waals surface area contributed by atoms with Crippen LogP contribution in [0, 0.1) is 0 Å². The molecule has 0 aliphatic heterocycles. The van der Waals surface area contributed by atoms with Crippen LogP contribution in [0.25, 0.3) is 0 Å². The summed E-state index contributed by atoms with van der Waals surface area (Å²) < 4.78 is 0. The van der Waals surface area contributed by atoms with Gasteiger partial charge in [-0.3, -0.25) is 0 Å². The van der Waals surface area contributed by atoms with Gasteiger partial charge in [-0.2, -0.15) is 0 Å². The molecule has 0 bridgehead atoms. The van der Waals surface area contributed by atoms with E-state index in [0.717, 1.165) is 12.8 Å². The molecule has 0 aromatic heterocycles. The van der Waals surface area contributed by atoms with Crippen LogP contribution in [-0.4, -0.2) is 17.0 Å². The molecule has 1 unspecified atom stereocenters. The summed E-state index contributed by atoms with van der Waals surface area (Å²) in [6, 6.07) is 0. The highest BCUT2D eigenvalue weighted by molar-refractivity contribution is 5.60. The van der Waals surface area contributed by atoms with E-state index in [4.69, 9.17) is 0 Å². The summed E-state index contributed by atoms with van der Waals surface area (Å²) in [6.45, 7) is 5.62. The SMILES string of the molecule is CC(C)=CCCCC(C)(O)C=O. The van der Waals surface area contributed by atoms with Gasteiger partial charge in [-0.1, -0.05) is 11.6 Å². The normalized spacial score (nSPS) is 15.0. The smallest absolute Gasteiger partial charge is 0.151 e. The quantitative estimate of drug-likeness (QED) is 0.389. The highest BCUT2D eigenvalue weighted by atomic mass is 16.3.